The highest BCUT2D eigenvalue weighted by molar-refractivity contribution is 7.89. The Bertz CT molecular complexity index is 464. The molecule has 1 rings (SSSR count). The largest absolute Gasteiger partial charge is 0.768 e. The summed E-state index contributed by atoms with van der Waals surface area (Å²) in [6.07, 6.45) is 0. The molecule has 5 nitrogen and oxygen atoms in total. The monoisotopic (exact) mass is 248 g/mol. The fourth-order valence-electron chi connectivity index (χ4n) is 0.934. The van der Waals surface area contributed by atoms with Gasteiger partial charge in [-0.1, -0.05) is 0 Å². The van der Waals surface area contributed by atoms with Gasteiger partial charge in [0.1, 0.15) is 0 Å². The topological polar surface area (TPSA) is 77.5 Å². The Morgan fingerprint density at radius 1 is 1.20 bits per heavy atom. The second-order valence-corrected chi connectivity index (χ2v) is 6.09. The summed E-state index contributed by atoms with van der Waals surface area (Å²) in [5, 5.41) is 0. The van der Waals surface area contributed by atoms with E-state index in [0.29, 0.717) is 0 Å². The molecular weight excluding hydrogens is 238 g/mol. The predicted octanol–water partition coefficient (Wildman–Crippen LogP) is 0.175. The van der Waals surface area contributed by atoms with Crippen LogP contribution in [0.1, 0.15) is 0 Å². The van der Waals surface area contributed by atoms with Crippen LogP contribution in [0.2, 0.25) is 0 Å². The van der Waals surface area contributed by atoms with Gasteiger partial charge in [0.15, 0.2) is 0 Å². The van der Waals surface area contributed by atoms with Crippen LogP contribution in [-0.2, 0) is 21.1 Å². The first-order chi connectivity index (χ1) is 6.85. The molecule has 7 heteroatoms. The number of rotatable bonds is 3. The molecule has 0 aliphatic heterocycles. The number of hydrogen-bond acceptors (Lipinski definition) is 4. The van der Waals surface area contributed by atoms with Crippen LogP contribution in [0.25, 0.3) is 0 Å². The third-order valence-electron chi connectivity index (χ3n) is 1.79. The lowest BCUT2D eigenvalue weighted by atomic mass is 10.4. The summed E-state index contributed by atoms with van der Waals surface area (Å²) in [6, 6.07) is 5.03. The summed E-state index contributed by atoms with van der Waals surface area (Å²) >= 11 is -2.33. The van der Waals surface area contributed by atoms with Crippen molar-refractivity contribution in [2.45, 2.75) is 9.79 Å². The van der Waals surface area contributed by atoms with Crippen LogP contribution in [0.4, 0.5) is 0 Å². The van der Waals surface area contributed by atoms with E-state index in [1.54, 1.807) is 0 Å². The maximum Gasteiger partial charge on any atom is 0.242 e. The van der Waals surface area contributed by atoms with Gasteiger partial charge in [-0.05, 0) is 35.3 Å². The van der Waals surface area contributed by atoms with Crippen LogP contribution < -0.4 is 0 Å². The lowest BCUT2D eigenvalue weighted by Gasteiger charge is -2.12. The minimum atomic E-state index is -3.49. The molecule has 0 N–H and O–H groups in total. The van der Waals surface area contributed by atoms with Crippen LogP contribution in [0.5, 0.6) is 0 Å². The Kier molecular flexibility index (Phi) is 3.61. The van der Waals surface area contributed by atoms with Crippen molar-refractivity contribution in [3.63, 3.8) is 0 Å². The summed E-state index contributed by atoms with van der Waals surface area (Å²) in [6.45, 7) is 0. The second-order valence-electron chi connectivity index (χ2n) is 2.99. The van der Waals surface area contributed by atoms with Crippen molar-refractivity contribution in [1.29, 1.82) is 0 Å². The Balaban J connectivity index is 3.15. The zero-order valence-corrected chi connectivity index (χ0v) is 9.84. The third-order valence-corrected chi connectivity index (χ3v) is 4.28. The molecule has 0 radical (unpaired) electrons. The summed E-state index contributed by atoms with van der Waals surface area (Å²) in [5.41, 5.74) is 0. The number of sulfonamides is 1. The van der Waals surface area contributed by atoms with Crippen molar-refractivity contribution < 1.29 is 17.2 Å². The molecule has 1 atom stereocenters. The highest BCUT2D eigenvalue weighted by Crippen LogP contribution is 2.14. The van der Waals surface area contributed by atoms with E-state index in [-0.39, 0.29) is 9.79 Å². The molecule has 0 amide bonds. The van der Waals surface area contributed by atoms with Gasteiger partial charge >= 0.3 is 0 Å². The van der Waals surface area contributed by atoms with E-state index in [2.05, 4.69) is 0 Å². The van der Waals surface area contributed by atoms with Crippen molar-refractivity contribution in [3.8, 4) is 0 Å². The smallest absolute Gasteiger partial charge is 0.242 e. The highest BCUT2D eigenvalue weighted by Gasteiger charge is 2.16. The van der Waals surface area contributed by atoms with Gasteiger partial charge in [0.2, 0.25) is 10.0 Å². The van der Waals surface area contributed by atoms with Crippen LogP contribution >= 0.6 is 0 Å². The van der Waals surface area contributed by atoms with Gasteiger partial charge in [0, 0.05) is 19.0 Å². The Hall–Kier alpha value is -0.760. The molecule has 0 fully saturated rings. The lowest BCUT2D eigenvalue weighted by molar-refractivity contribution is 0.520. The first kappa shape index (κ1) is 12.3. The van der Waals surface area contributed by atoms with Gasteiger partial charge in [-0.25, -0.2) is 12.7 Å². The van der Waals surface area contributed by atoms with Crippen molar-refractivity contribution in [2.24, 2.45) is 0 Å². The van der Waals surface area contributed by atoms with Crippen LogP contribution in [0.3, 0.4) is 0 Å². The SMILES string of the molecule is CN(C)S(=O)(=O)c1ccc(S(=O)[O-])cc1. The number of benzene rings is 1. The van der Waals surface area contributed by atoms with Crippen molar-refractivity contribution in [1.82, 2.24) is 4.31 Å². The van der Waals surface area contributed by atoms with Crippen LogP contribution in [0, 0.1) is 0 Å². The van der Waals surface area contributed by atoms with E-state index < -0.39 is 21.1 Å². The molecule has 0 heterocycles. The molecule has 15 heavy (non-hydrogen) atoms. The zero-order chi connectivity index (χ0) is 11.6. The lowest BCUT2D eigenvalue weighted by Crippen LogP contribution is -2.22. The summed E-state index contributed by atoms with van der Waals surface area (Å²) < 4.78 is 45.3. The molecule has 0 saturated heterocycles. The Morgan fingerprint density at radius 2 is 1.67 bits per heavy atom. The van der Waals surface area contributed by atoms with Gasteiger partial charge in [0.25, 0.3) is 0 Å². The van der Waals surface area contributed by atoms with Gasteiger partial charge in [-0.2, -0.15) is 0 Å². The maximum absolute atomic E-state index is 11.6. The average molecular weight is 248 g/mol. The minimum Gasteiger partial charge on any atom is -0.768 e. The van der Waals surface area contributed by atoms with Gasteiger partial charge in [-0.3, -0.25) is 4.21 Å². The molecule has 1 aromatic carbocycles. The third kappa shape index (κ3) is 2.63. The summed E-state index contributed by atoms with van der Waals surface area (Å²) in [5.74, 6) is 0. The van der Waals surface area contributed by atoms with E-state index in [1.807, 2.05) is 0 Å². The second kappa shape index (κ2) is 4.40. The predicted molar refractivity (Wildman–Crippen MR) is 54.5 cm³/mol. The molecular formula is C8H10NO4S2-. The molecule has 0 aliphatic carbocycles. The molecule has 0 bridgehead atoms. The van der Waals surface area contributed by atoms with Crippen molar-refractivity contribution in [3.05, 3.63) is 24.3 Å². The molecule has 84 valence electrons. The van der Waals surface area contributed by atoms with Crippen molar-refractivity contribution in [2.75, 3.05) is 14.1 Å². The molecule has 0 aliphatic rings. The Morgan fingerprint density at radius 3 is 2.00 bits per heavy atom. The van der Waals surface area contributed by atoms with E-state index in [0.717, 1.165) is 4.31 Å². The van der Waals surface area contributed by atoms with E-state index in [1.165, 1.54) is 38.4 Å². The summed E-state index contributed by atoms with van der Waals surface area (Å²) in [4.78, 5) is 0.134. The van der Waals surface area contributed by atoms with Gasteiger partial charge in [-0.15, -0.1) is 0 Å². The molecule has 1 unspecified atom stereocenters. The molecule has 0 aromatic heterocycles. The summed E-state index contributed by atoms with van der Waals surface area (Å²) in [7, 11) is -0.664. The molecule has 0 saturated carbocycles. The normalized spacial score (nSPS) is 14.1. The standard InChI is InChI=1S/C8H11NO4S2/c1-9(2)15(12,13)8-5-3-7(4-6-8)14(10)11/h3-6H,1-2H3,(H,10,11)/p-1. The van der Waals surface area contributed by atoms with Crippen LogP contribution in [-0.4, -0.2) is 35.6 Å². The average Bonchev–Trinajstić information content (AvgIpc) is 2.17. The van der Waals surface area contributed by atoms with E-state index in [4.69, 9.17) is 0 Å². The first-order valence-electron chi connectivity index (χ1n) is 3.97. The minimum absolute atomic E-state index is 0.0627. The van der Waals surface area contributed by atoms with Crippen molar-refractivity contribution >= 4 is 21.1 Å². The first-order valence-corrected chi connectivity index (χ1v) is 6.49. The molecule has 0 spiro atoms. The van der Waals surface area contributed by atoms with Gasteiger partial charge in [0.05, 0.1) is 4.90 Å². The zero-order valence-electron chi connectivity index (χ0n) is 8.21. The quantitative estimate of drug-likeness (QED) is 0.715. The number of nitrogens with zero attached hydrogens (tertiary/aromatic N) is 1. The molecule has 1 aromatic rings. The number of hydrogen-bond donors (Lipinski definition) is 0. The van der Waals surface area contributed by atoms with Gasteiger partial charge < -0.3 is 4.55 Å². The van der Waals surface area contributed by atoms with Crippen LogP contribution in [0.15, 0.2) is 34.1 Å². The Labute approximate surface area is 91.1 Å². The highest BCUT2D eigenvalue weighted by atomic mass is 32.2. The van der Waals surface area contributed by atoms with E-state index in [9.17, 15) is 17.2 Å². The fourth-order valence-corrected chi connectivity index (χ4v) is 2.19. The fraction of sp³-hybridized carbons (Fsp3) is 0.250. The van der Waals surface area contributed by atoms with E-state index >= 15 is 0 Å². The maximum atomic E-state index is 11.6.